The molecule has 0 unspecified atom stereocenters. The fraction of sp³-hybridized carbons (Fsp3) is 0.714. The minimum atomic E-state index is -0.397. The predicted molar refractivity (Wildman–Crippen MR) is 65.4 cm³/mol. The lowest BCUT2D eigenvalue weighted by molar-refractivity contribution is -0.139. The minimum Gasteiger partial charge on any atom is -0.313 e. The lowest BCUT2D eigenvalue weighted by Crippen LogP contribution is -2.45. The highest BCUT2D eigenvalue weighted by atomic mass is 16.7. The molecule has 4 aliphatic carbocycles. The maximum Gasteiger partial charge on any atom is 0.360 e. The van der Waals surface area contributed by atoms with Crippen LogP contribution in [0.3, 0.4) is 0 Å². The topological polar surface area (TPSA) is 38.7 Å². The monoisotopic (exact) mass is 233 g/mol. The molecule has 4 fully saturated rings. The summed E-state index contributed by atoms with van der Waals surface area (Å²) in [5.74, 6) is 2.60. The Morgan fingerprint density at radius 3 is 2.18 bits per heavy atom. The van der Waals surface area contributed by atoms with Crippen molar-refractivity contribution in [3.05, 3.63) is 12.2 Å². The molecule has 0 amide bonds. The summed E-state index contributed by atoms with van der Waals surface area (Å²) in [5.41, 5.74) is 1.57. The molecule has 0 heterocycles. The zero-order valence-corrected chi connectivity index (χ0v) is 10.3. The fourth-order valence-corrected chi connectivity index (χ4v) is 3.99. The van der Waals surface area contributed by atoms with Gasteiger partial charge in [-0.3, -0.25) is 0 Å². The molecule has 0 aromatic heterocycles. The van der Waals surface area contributed by atoms with E-state index >= 15 is 0 Å². The molecule has 4 saturated carbocycles. The zero-order chi connectivity index (χ0) is 12.0. The van der Waals surface area contributed by atoms with Gasteiger partial charge in [-0.05, 0) is 50.9 Å². The van der Waals surface area contributed by atoms with E-state index in [1.165, 1.54) is 32.1 Å². The smallest absolute Gasteiger partial charge is 0.313 e. The van der Waals surface area contributed by atoms with Crippen molar-refractivity contribution in [3.63, 3.8) is 0 Å². The second kappa shape index (κ2) is 3.97. The average molecular weight is 233 g/mol. The first-order valence-electron chi connectivity index (χ1n) is 6.58. The number of hydrogen-bond acceptors (Lipinski definition) is 3. The lowest BCUT2D eigenvalue weighted by atomic mass is 9.55. The predicted octanol–water partition coefficient (Wildman–Crippen LogP) is 2.92. The SMILES string of the molecule is C=C(C)C(=O)ON=C1C2CC3CC(C2)CC1C3. The van der Waals surface area contributed by atoms with Crippen LogP contribution in [0.5, 0.6) is 0 Å². The van der Waals surface area contributed by atoms with Gasteiger partial charge in [-0.25, -0.2) is 4.79 Å². The summed E-state index contributed by atoms with van der Waals surface area (Å²) >= 11 is 0. The van der Waals surface area contributed by atoms with Gasteiger partial charge in [0.05, 0.1) is 5.71 Å². The van der Waals surface area contributed by atoms with Crippen LogP contribution in [0, 0.1) is 23.7 Å². The third kappa shape index (κ3) is 1.92. The molecular formula is C14H19NO2. The normalized spacial score (nSPS) is 38.1. The summed E-state index contributed by atoms with van der Waals surface area (Å²) in [7, 11) is 0. The van der Waals surface area contributed by atoms with E-state index in [9.17, 15) is 4.79 Å². The molecule has 0 N–H and O–H groups in total. The maximum atomic E-state index is 11.3. The number of hydrogen-bond donors (Lipinski definition) is 0. The third-order valence-corrected chi connectivity index (χ3v) is 4.56. The van der Waals surface area contributed by atoms with E-state index < -0.39 is 5.97 Å². The second-order valence-electron chi connectivity index (χ2n) is 5.98. The number of rotatable bonds is 2. The van der Waals surface area contributed by atoms with Crippen LogP contribution in [0.4, 0.5) is 0 Å². The molecule has 17 heavy (non-hydrogen) atoms. The van der Waals surface area contributed by atoms with Gasteiger partial charge < -0.3 is 4.84 Å². The Balaban J connectivity index is 1.73. The highest BCUT2D eigenvalue weighted by Crippen LogP contribution is 2.52. The van der Waals surface area contributed by atoms with Crippen LogP contribution in [0.25, 0.3) is 0 Å². The van der Waals surface area contributed by atoms with Crippen molar-refractivity contribution in [2.75, 3.05) is 0 Å². The third-order valence-electron chi connectivity index (χ3n) is 4.56. The Bertz CT molecular complexity index is 367. The Kier molecular flexibility index (Phi) is 2.57. The van der Waals surface area contributed by atoms with Crippen LogP contribution in [0.1, 0.15) is 39.0 Å². The van der Waals surface area contributed by atoms with E-state index in [1.54, 1.807) is 6.92 Å². The molecule has 4 bridgehead atoms. The van der Waals surface area contributed by atoms with E-state index in [4.69, 9.17) is 4.84 Å². The first kappa shape index (κ1) is 11.0. The van der Waals surface area contributed by atoms with Gasteiger partial charge >= 0.3 is 5.97 Å². The van der Waals surface area contributed by atoms with Crippen molar-refractivity contribution in [2.45, 2.75) is 39.0 Å². The van der Waals surface area contributed by atoms with E-state index in [-0.39, 0.29) is 0 Å². The number of nitrogens with zero attached hydrogens (tertiary/aromatic N) is 1. The summed E-state index contributed by atoms with van der Waals surface area (Å²) in [6.07, 6.45) is 6.46. The summed E-state index contributed by atoms with van der Waals surface area (Å²) in [4.78, 5) is 16.3. The molecule has 0 radical (unpaired) electrons. The molecule has 3 nitrogen and oxygen atoms in total. The van der Waals surface area contributed by atoms with Crippen LogP contribution in [0.15, 0.2) is 17.3 Å². The van der Waals surface area contributed by atoms with E-state index in [2.05, 4.69) is 11.7 Å². The quantitative estimate of drug-likeness (QED) is 0.418. The van der Waals surface area contributed by atoms with Gasteiger partial charge in [0.2, 0.25) is 0 Å². The van der Waals surface area contributed by atoms with Crippen molar-refractivity contribution in [1.82, 2.24) is 0 Å². The number of carbonyl (C=O) groups is 1. The van der Waals surface area contributed by atoms with E-state index in [0.29, 0.717) is 17.4 Å². The molecule has 0 aromatic carbocycles. The van der Waals surface area contributed by atoms with Crippen LogP contribution >= 0.6 is 0 Å². The molecule has 3 heteroatoms. The summed E-state index contributed by atoms with van der Waals surface area (Å²) in [5, 5.41) is 4.15. The van der Waals surface area contributed by atoms with Crippen LogP contribution in [0.2, 0.25) is 0 Å². The molecule has 4 aliphatic rings. The van der Waals surface area contributed by atoms with Crippen molar-refractivity contribution in [2.24, 2.45) is 28.8 Å². The second-order valence-corrected chi connectivity index (χ2v) is 5.98. The highest BCUT2D eigenvalue weighted by Gasteiger charge is 2.46. The van der Waals surface area contributed by atoms with Crippen molar-refractivity contribution in [3.8, 4) is 0 Å². The molecule has 0 aliphatic heterocycles. The Labute approximate surface area is 102 Å². The first-order chi connectivity index (χ1) is 8.13. The fourth-order valence-electron chi connectivity index (χ4n) is 3.99. The van der Waals surface area contributed by atoms with Gasteiger partial charge in [0.15, 0.2) is 0 Å². The number of oxime groups is 1. The van der Waals surface area contributed by atoms with Gasteiger partial charge in [-0.15, -0.1) is 0 Å². The first-order valence-corrected chi connectivity index (χ1v) is 6.58. The summed E-state index contributed by atoms with van der Waals surface area (Å²) in [6, 6.07) is 0. The van der Waals surface area contributed by atoms with Crippen molar-refractivity contribution < 1.29 is 9.63 Å². The minimum absolute atomic E-state index is 0.397. The number of carbonyl (C=O) groups excluding carboxylic acids is 1. The van der Waals surface area contributed by atoms with Crippen LogP contribution in [-0.2, 0) is 9.63 Å². The molecule has 4 rings (SSSR count). The average Bonchev–Trinajstić information content (AvgIpc) is 2.26. The molecule has 0 aromatic rings. The van der Waals surface area contributed by atoms with E-state index in [0.717, 1.165) is 17.5 Å². The lowest BCUT2D eigenvalue weighted by Gasteiger charge is -2.49. The molecule has 0 atom stereocenters. The Morgan fingerprint density at radius 2 is 1.71 bits per heavy atom. The standard InChI is InChI=1S/C14H19NO2/c1-8(2)14(16)17-15-13-11-4-9-3-10(6-11)7-12(13)5-9/h9-12H,1,3-7H2,2H3. The molecule has 0 spiro atoms. The van der Waals surface area contributed by atoms with Crippen molar-refractivity contribution >= 4 is 11.7 Å². The largest absolute Gasteiger partial charge is 0.360 e. The summed E-state index contributed by atoms with van der Waals surface area (Å²) in [6.45, 7) is 5.22. The highest BCUT2D eigenvalue weighted by molar-refractivity contribution is 5.92. The maximum absolute atomic E-state index is 11.3. The van der Waals surface area contributed by atoms with Crippen LogP contribution in [-0.4, -0.2) is 11.7 Å². The van der Waals surface area contributed by atoms with E-state index in [1.807, 2.05) is 0 Å². The Morgan fingerprint density at radius 1 is 1.18 bits per heavy atom. The summed E-state index contributed by atoms with van der Waals surface area (Å²) < 4.78 is 0. The van der Waals surface area contributed by atoms with Gasteiger partial charge in [-0.2, -0.15) is 0 Å². The molecular weight excluding hydrogens is 214 g/mol. The zero-order valence-electron chi connectivity index (χ0n) is 10.3. The Hall–Kier alpha value is -1.12. The molecule has 0 saturated heterocycles. The van der Waals surface area contributed by atoms with Crippen molar-refractivity contribution in [1.29, 1.82) is 0 Å². The van der Waals surface area contributed by atoms with Crippen LogP contribution < -0.4 is 0 Å². The van der Waals surface area contributed by atoms with Gasteiger partial charge in [-0.1, -0.05) is 11.7 Å². The molecule has 92 valence electrons. The van der Waals surface area contributed by atoms with Gasteiger partial charge in [0, 0.05) is 17.4 Å². The van der Waals surface area contributed by atoms with Gasteiger partial charge in [0.1, 0.15) is 0 Å². The van der Waals surface area contributed by atoms with Gasteiger partial charge in [0.25, 0.3) is 0 Å².